The van der Waals surface area contributed by atoms with Crippen molar-refractivity contribution in [3.8, 4) is 0 Å². The minimum absolute atomic E-state index is 0.128. The standard InChI is InChI=1S/C17H14INO2S/c1-11-2-8-14(9-3-11)22-15-10-16(20)19(17(15)21)13-6-4-12(18)5-7-13/h2-9,15H,10H2,1H3/t15-/m1/s1. The summed E-state index contributed by atoms with van der Waals surface area (Å²) in [6, 6.07) is 15.4. The first-order valence-corrected chi connectivity index (χ1v) is 8.86. The maximum Gasteiger partial charge on any atom is 0.247 e. The minimum Gasteiger partial charge on any atom is -0.274 e. The van der Waals surface area contributed by atoms with Crippen molar-refractivity contribution in [3.05, 3.63) is 57.7 Å². The molecule has 0 saturated carbocycles. The third kappa shape index (κ3) is 3.20. The van der Waals surface area contributed by atoms with Gasteiger partial charge < -0.3 is 0 Å². The molecule has 0 aliphatic carbocycles. The number of thioether (sulfide) groups is 1. The van der Waals surface area contributed by atoms with E-state index in [2.05, 4.69) is 22.6 Å². The fourth-order valence-corrected chi connectivity index (χ4v) is 3.75. The predicted octanol–water partition coefficient (Wildman–Crippen LogP) is 4.02. The lowest BCUT2D eigenvalue weighted by Crippen LogP contribution is -2.31. The number of halogens is 1. The lowest BCUT2D eigenvalue weighted by Gasteiger charge is -2.15. The Morgan fingerprint density at radius 1 is 1.05 bits per heavy atom. The van der Waals surface area contributed by atoms with Crippen LogP contribution in [0.15, 0.2) is 53.4 Å². The van der Waals surface area contributed by atoms with Gasteiger partial charge in [-0.1, -0.05) is 17.7 Å². The molecule has 0 aromatic heterocycles. The second-order valence-corrected chi connectivity index (χ2v) is 7.69. The average molecular weight is 423 g/mol. The molecule has 1 heterocycles. The first kappa shape index (κ1) is 15.6. The molecule has 22 heavy (non-hydrogen) atoms. The lowest BCUT2D eigenvalue weighted by atomic mass is 10.2. The SMILES string of the molecule is Cc1ccc(S[C@@H]2CC(=O)N(c3ccc(I)cc3)C2=O)cc1. The van der Waals surface area contributed by atoms with E-state index >= 15 is 0 Å². The van der Waals surface area contributed by atoms with Crippen molar-refractivity contribution in [1.29, 1.82) is 0 Å². The molecule has 2 amide bonds. The maximum absolute atomic E-state index is 12.6. The fourth-order valence-electron chi connectivity index (χ4n) is 2.34. The van der Waals surface area contributed by atoms with Crippen LogP contribution in [0.1, 0.15) is 12.0 Å². The van der Waals surface area contributed by atoms with E-state index in [9.17, 15) is 9.59 Å². The van der Waals surface area contributed by atoms with Crippen molar-refractivity contribution >= 4 is 51.9 Å². The summed E-state index contributed by atoms with van der Waals surface area (Å²) in [6.45, 7) is 2.03. The van der Waals surface area contributed by atoms with E-state index in [4.69, 9.17) is 0 Å². The molecule has 1 fully saturated rings. The van der Waals surface area contributed by atoms with Crippen LogP contribution < -0.4 is 4.90 Å². The van der Waals surface area contributed by atoms with Gasteiger partial charge in [0, 0.05) is 14.9 Å². The molecule has 1 saturated heterocycles. The molecule has 1 aliphatic heterocycles. The van der Waals surface area contributed by atoms with Gasteiger partial charge in [-0.05, 0) is 65.9 Å². The van der Waals surface area contributed by atoms with Crippen molar-refractivity contribution in [2.45, 2.75) is 23.5 Å². The molecule has 0 unspecified atom stereocenters. The van der Waals surface area contributed by atoms with E-state index in [1.54, 1.807) is 0 Å². The van der Waals surface area contributed by atoms with Crippen molar-refractivity contribution in [2.24, 2.45) is 0 Å². The molecular formula is C17H14INO2S. The first-order valence-electron chi connectivity index (χ1n) is 6.90. The van der Waals surface area contributed by atoms with Gasteiger partial charge in [-0.2, -0.15) is 0 Å². The van der Waals surface area contributed by atoms with E-state index < -0.39 is 0 Å². The monoisotopic (exact) mass is 423 g/mol. The average Bonchev–Trinajstić information content (AvgIpc) is 2.77. The van der Waals surface area contributed by atoms with Crippen LogP contribution in [0.5, 0.6) is 0 Å². The molecule has 3 nitrogen and oxygen atoms in total. The largest absolute Gasteiger partial charge is 0.274 e. The molecule has 5 heteroatoms. The third-order valence-corrected chi connectivity index (χ3v) is 5.41. The van der Waals surface area contributed by atoms with Crippen LogP contribution in [-0.2, 0) is 9.59 Å². The Hall–Kier alpha value is -1.34. The summed E-state index contributed by atoms with van der Waals surface area (Å²) >= 11 is 3.66. The van der Waals surface area contributed by atoms with Gasteiger partial charge in [-0.25, -0.2) is 4.90 Å². The van der Waals surface area contributed by atoms with Crippen molar-refractivity contribution < 1.29 is 9.59 Å². The summed E-state index contributed by atoms with van der Waals surface area (Å²) < 4.78 is 1.08. The van der Waals surface area contributed by atoms with E-state index in [1.807, 2.05) is 55.5 Å². The number of benzene rings is 2. The third-order valence-electron chi connectivity index (χ3n) is 3.49. The van der Waals surface area contributed by atoms with E-state index in [0.717, 1.165) is 8.47 Å². The van der Waals surface area contributed by atoms with Gasteiger partial charge in [0.05, 0.1) is 10.9 Å². The van der Waals surface area contributed by atoms with Gasteiger partial charge >= 0.3 is 0 Å². The zero-order chi connectivity index (χ0) is 15.7. The Balaban J connectivity index is 1.79. The number of anilines is 1. The molecule has 2 aromatic carbocycles. The topological polar surface area (TPSA) is 37.4 Å². The highest BCUT2D eigenvalue weighted by atomic mass is 127. The van der Waals surface area contributed by atoms with Crippen LogP contribution in [0.2, 0.25) is 0 Å². The van der Waals surface area contributed by atoms with Crippen LogP contribution >= 0.6 is 34.4 Å². The van der Waals surface area contributed by atoms with Crippen LogP contribution in [-0.4, -0.2) is 17.1 Å². The molecule has 3 rings (SSSR count). The molecule has 112 valence electrons. The second-order valence-electron chi connectivity index (χ2n) is 5.17. The van der Waals surface area contributed by atoms with Crippen molar-refractivity contribution in [2.75, 3.05) is 4.90 Å². The van der Waals surface area contributed by atoms with E-state index in [0.29, 0.717) is 5.69 Å². The summed E-state index contributed by atoms with van der Waals surface area (Å²) in [5.41, 5.74) is 1.83. The summed E-state index contributed by atoms with van der Waals surface area (Å²) in [5.74, 6) is -0.257. The van der Waals surface area contributed by atoms with E-state index in [-0.39, 0.29) is 23.5 Å². The van der Waals surface area contributed by atoms with Crippen LogP contribution in [0.3, 0.4) is 0 Å². The van der Waals surface area contributed by atoms with Gasteiger partial charge in [0.25, 0.3) is 0 Å². The summed E-state index contributed by atoms with van der Waals surface area (Å²) in [6.07, 6.45) is 0.253. The smallest absolute Gasteiger partial charge is 0.247 e. The van der Waals surface area contributed by atoms with Crippen LogP contribution in [0, 0.1) is 10.5 Å². The summed E-state index contributed by atoms with van der Waals surface area (Å²) in [4.78, 5) is 27.1. The highest BCUT2D eigenvalue weighted by Gasteiger charge is 2.40. The number of hydrogen-bond donors (Lipinski definition) is 0. The highest BCUT2D eigenvalue weighted by Crippen LogP contribution is 2.34. The fraction of sp³-hybridized carbons (Fsp3) is 0.176. The molecular weight excluding hydrogens is 409 g/mol. The number of nitrogens with zero attached hydrogens (tertiary/aromatic N) is 1. The van der Waals surface area contributed by atoms with E-state index in [1.165, 1.54) is 22.2 Å². The summed E-state index contributed by atoms with van der Waals surface area (Å²) in [7, 11) is 0. The second kappa shape index (κ2) is 6.42. The Kier molecular flexibility index (Phi) is 4.54. The normalized spacial score (nSPS) is 18.1. The zero-order valence-electron chi connectivity index (χ0n) is 12.0. The Labute approximate surface area is 147 Å². The number of amides is 2. The molecule has 0 spiro atoms. The number of hydrogen-bond acceptors (Lipinski definition) is 3. The zero-order valence-corrected chi connectivity index (χ0v) is 14.9. The van der Waals surface area contributed by atoms with Gasteiger partial charge in [0.2, 0.25) is 11.8 Å². The van der Waals surface area contributed by atoms with Gasteiger partial charge in [-0.3, -0.25) is 9.59 Å². The number of imide groups is 1. The predicted molar refractivity (Wildman–Crippen MR) is 97.1 cm³/mol. The first-order chi connectivity index (χ1) is 10.5. The lowest BCUT2D eigenvalue weighted by molar-refractivity contribution is -0.121. The van der Waals surface area contributed by atoms with Gasteiger partial charge in [0.1, 0.15) is 0 Å². The van der Waals surface area contributed by atoms with Gasteiger partial charge in [0.15, 0.2) is 0 Å². The Morgan fingerprint density at radius 3 is 2.32 bits per heavy atom. The Morgan fingerprint density at radius 2 is 1.68 bits per heavy atom. The molecule has 0 radical (unpaired) electrons. The number of carbonyl (C=O) groups is 2. The van der Waals surface area contributed by atoms with Crippen molar-refractivity contribution in [3.63, 3.8) is 0 Å². The molecule has 1 aliphatic rings. The minimum atomic E-state index is -0.338. The van der Waals surface area contributed by atoms with Gasteiger partial charge in [-0.15, -0.1) is 11.8 Å². The molecule has 2 aromatic rings. The number of aryl methyl sites for hydroxylation is 1. The molecule has 0 bridgehead atoms. The summed E-state index contributed by atoms with van der Waals surface area (Å²) in [5, 5.41) is -0.338. The molecule has 1 atom stereocenters. The number of carbonyl (C=O) groups excluding carboxylic acids is 2. The number of rotatable bonds is 3. The van der Waals surface area contributed by atoms with Crippen LogP contribution in [0.4, 0.5) is 5.69 Å². The Bertz CT molecular complexity index is 712. The quantitative estimate of drug-likeness (QED) is 0.553. The molecule has 0 N–H and O–H groups in total. The van der Waals surface area contributed by atoms with Crippen LogP contribution in [0.25, 0.3) is 0 Å². The maximum atomic E-state index is 12.6. The highest BCUT2D eigenvalue weighted by molar-refractivity contribution is 14.1. The van der Waals surface area contributed by atoms with Crippen molar-refractivity contribution in [1.82, 2.24) is 0 Å².